The summed E-state index contributed by atoms with van der Waals surface area (Å²) < 4.78 is 35.9. The van der Waals surface area contributed by atoms with E-state index in [1.165, 1.54) is 22.9 Å². The second kappa shape index (κ2) is 12.5. The summed E-state index contributed by atoms with van der Waals surface area (Å²) in [5, 5.41) is 8.54. The Balaban J connectivity index is 1.14. The van der Waals surface area contributed by atoms with Gasteiger partial charge in [-0.15, -0.1) is 0 Å². The molecule has 0 fully saturated rings. The number of benzene rings is 9. The zero-order chi connectivity index (χ0) is 40.5. The summed E-state index contributed by atoms with van der Waals surface area (Å²) in [5.41, 5.74) is 10.6. The van der Waals surface area contributed by atoms with E-state index < -0.39 is 11.6 Å². The molecule has 61 heavy (non-hydrogen) atoms. The van der Waals surface area contributed by atoms with Gasteiger partial charge in [-0.25, -0.2) is 8.78 Å². The van der Waals surface area contributed by atoms with E-state index in [2.05, 4.69) is 112 Å². The van der Waals surface area contributed by atoms with Crippen LogP contribution in [0.3, 0.4) is 0 Å². The summed E-state index contributed by atoms with van der Waals surface area (Å²) in [6.07, 6.45) is 0. The molecule has 4 aromatic heterocycles. The van der Waals surface area contributed by atoms with Gasteiger partial charge in [0, 0.05) is 55.0 Å². The van der Waals surface area contributed by atoms with Gasteiger partial charge in [-0.05, 0) is 94.9 Å². The Hall–Kier alpha value is -8.09. The first-order chi connectivity index (χ1) is 30.0. The lowest BCUT2D eigenvalue weighted by Gasteiger charge is -2.17. The lowest BCUT2D eigenvalue weighted by atomic mass is 9.93. The number of halogens is 2. The van der Waals surface area contributed by atoms with Crippen molar-refractivity contribution in [1.29, 1.82) is 0 Å². The Morgan fingerprint density at radius 2 is 0.885 bits per heavy atom. The van der Waals surface area contributed by atoms with E-state index in [9.17, 15) is 8.78 Å². The molecule has 6 heteroatoms. The van der Waals surface area contributed by atoms with Crippen LogP contribution in [0.1, 0.15) is 0 Å². The first kappa shape index (κ1) is 33.8. The molecule has 9 aromatic carbocycles. The van der Waals surface area contributed by atoms with Crippen LogP contribution in [0.2, 0.25) is 0 Å². The van der Waals surface area contributed by atoms with Gasteiger partial charge in [0.05, 0.1) is 44.2 Å². The number of hydrogen-bond acceptors (Lipinski definition) is 1. The van der Waals surface area contributed by atoms with Crippen molar-refractivity contribution < 1.29 is 8.78 Å². The van der Waals surface area contributed by atoms with Crippen LogP contribution in [0, 0.1) is 11.6 Å². The van der Waals surface area contributed by atoms with Gasteiger partial charge in [-0.3, -0.25) is 9.20 Å². The van der Waals surface area contributed by atoms with E-state index in [0.29, 0.717) is 16.5 Å². The van der Waals surface area contributed by atoms with Crippen LogP contribution >= 0.6 is 0 Å². The SMILES string of the molecule is O=c1c2c(-c3ccccc3-n3c4ccccc4c4cc5c6ccccc6n(-c6ccccc6)c5cc43)cccc2c2cc(-c3cc(F)cc(F)c3)cc3c4ccccc4n1c23. The third kappa shape index (κ3) is 4.70. The Morgan fingerprint density at radius 3 is 1.61 bits per heavy atom. The maximum absolute atomic E-state index is 15.3. The van der Waals surface area contributed by atoms with Crippen molar-refractivity contribution in [2.45, 2.75) is 0 Å². The molecule has 0 bridgehead atoms. The van der Waals surface area contributed by atoms with E-state index in [4.69, 9.17) is 0 Å². The number of pyridine rings is 1. The minimum Gasteiger partial charge on any atom is -0.309 e. The number of para-hydroxylation sites is 5. The summed E-state index contributed by atoms with van der Waals surface area (Å²) in [7, 11) is 0. The summed E-state index contributed by atoms with van der Waals surface area (Å²) in [4.78, 5) is 15.3. The lowest BCUT2D eigenvalue weighted by Crippen LogP contribution is -2.14. The number of nitrogens with zero attached hydrogens (tertiary/aromatic N) is 3. The molecule has 4 nitrogen and oxygen atoms in total. The van der Waals surface area contributed by atoms with Crippen LogP contribution in [0.4, 0.5) is 8.78 Å². The molecule has 0 aliphatic rings. The third-order valence-corrected chi connectivity index (χ3v) is 12.7. The molecule has 0 saturated carbocycles. The number of aromatic nitrogens is 3. The van der Waals surface area contributed by atoms with Gasteiger partial charge in [-0.2, -0.15) is 0 Å². The van der Waals surface area contributed by atoms with Gasteiger partial charge < -0.3 is 9.13 Å². The second-order valence-corrected chi connectivity index (χ2v) is 15.9. The normalized spacial score (nSPS) is 12.2. The van der Waals surface area contributed by atoms with Crippen LogP contribution in [0.15, 0.2) is 193 Å². The quantitative estimate of drug-likeness (QED) is 0.163. The number of rotatable bonds is 4. The van der Waals surface area contributed by atoms with Gasteiger partial charge in [0.25, 0.3) is 5.56 Å². The van der Waals surface area contributed by atoms with Crippen molar-refractivity contribution in [2.75, 3.05) is 0 Å². The van der Waals surface area contributed by atoms with Crippen LogP contribution in [-0.4, -0.2) is 13.5 Å². The molecule has 0 aliphatic carbocycles. The standard InChI is InChI=1S/C55H31F2N3O/c56-34-25-32(26-35(57)29-34)33-27-45-40-18-7-11-24-50(40)60-54(45)46(28-33)42-20-12-19-41(53(42)55(60)61)37-15-4-9-22-48(37)59-49-23-10-6-17-39(49)44-30-43-38-16-5-8-21-47(38)58(51(43)31-52(44)59)36-13-2-1-3-14-36/h1-31H. The average Bonchev–Trinajstić information content (AvgIpc) is 3.92. The van der Waals surface area contributed by atoms with Gasteiger partial charge in [-0.1, -0.05) is 109 Å². The summed E-state index contributed by atoms with van der Waals surface area (Å²) >= 11 is 0. The summed E-state index contributed by atoms with van der Waals surface area (Å²) in [6, 6.07) is 62.0. The fourth-order valence-electron chi connectivity index (χ4n) is 10.2. The van der Waals surface area contributed by atoms with Gasteiger partial charge in [0.2, 0.25) is 0 Å². The molecule has 0 amide bonds. The van der Waals surface area contributed by atoms with Crippen molar-refractivity contribution in [1.82, 2.24) is 13.5 Å². The topological polar surface area (TPSA) is 31.3 Å². The minimum atomic E-state index is -0.645. The zero-order valence-electron chi connectivity index (χ0n) is 32.4. The van der Waals surface area contributed by atoms with Gasteiger partial charge in [0.1, 0.15) is 11.6 Å². The van der Waals surface area contributed by atoms with Crippen molar-refractivity contribution in [2.24, 2.45) is 0 Å². The van der Waals surface area contributed by atoms with Crippen LogP contribution in [-0.2, 0) is 0 Å². The van der Waals surface area contributed by atoms with E-state index >= 15 is 4.79 Å². The maximum atomic E-state index is 15.3. The van der Waals surface area contributed by atoms with Crippen LogP contribution < -0.4 is 5.56 Å². The molecule has 0 N–H and O–H groups in total. The largest absolute Gasteiger partial charge is 0.309 e. The second-order valence-electron chi connectivity index (χ2n) is 15.9. The van der Waals surface area contributed by atoms with E-state index in [0.717, 1.165) is 94.0 Å². The Morgan fingerprint density at radius 1 is 0.361 bits per heavy atom. The predicted octanol–water partition coefficient (Wildman–Crippen LogP) is 14.0. The first-order valence-electron chi connectivity index (χ1n) is 20.4. The van der Waals surface area contributed by atoms with Gasteiger partial charge >= 0.3 is 0 Å². The van der Waals surface area contributed by atoms with Crippen LogP contribution in [0.5, 0.6) is 0 Å². The van der Waals surface area contributed by atoms with E-state index in [1.54, 1.807) is 0 Å². The van der Waals surface area contributed by atoms with Crippen molar-refractivity contribution >= 4 is 81.6 Å². The fourth-order valence-corrected chi connectivity index (χ4v) is 10.2. The predicted molar refractivity (Wildman–Crippen MR) is 247 cm³/mol. The molecule has 0 aliphatic heterocycles. The number of hydrogen-bond donors (Lipinski definition) is 0. The smallest absolute Gasteiger partial charge is 0.264 e. The molecule has 0 spiro atoms. The highest BCUT2D eigenvalue weighted by Crippen LogP contribution is 2.44. The third-order valence-electron chi connectivity index (χ3n) is 12.7. The summed E-state index contributed by atoms with van der Waals surface area (Å²) in [6.45, 7) is 0. The zero-order valence-corrected chi connectivity index (χ0v) is 32.4. The van der Waals surface area contributed by atoms with Crippen molar-refractivity contribution in [3.8, 4) is 33.6 Å². The molecule has 13 rings (SSSR count). The Bertz CT molecular complexity index is 4030. The molecule has 13 aromatic rings. The maximum Gasteiger partial charge on any atom is 0.264 e. The molecule has 0 radical (unpaired) electrons. The highest BCUT2D eigenvalue weighted by molar-refractivity contribution is 6.24. The molecule has 0 unspecified atom stereocenters. The Labute approximate surface area is 346 Å². The highest BCUT2D eigenvalue weighted by Gasteiger charge is 2.24. The lowest BCUT2D eigenvalue weighted by molar-refractivity contribution is 0.584. The fraction of sp³-hybridized carbons (Fsp3) is 0. The molecule has 4 heterocycles. The van der Waals surface area contributed by atoms with E-state index in [1.807, 2.05) is 71.1 Å². The molecular formula is C55H31F2N3O. The molecule has 0 saturated heterocycles. The average molecular weight is 788 g/mol. The van der Waals surface area contributed by atoms with E-state index in [-0.39, 0.29) is 5.56 Å². The highest BCUT2D eigenvalue weighted by atomic mass is 19.1. The first-order valence-corrected chi connectivity index (χ1v) is 20.4. The minimum absolute atomic E-state index is 0.125. The van der Waals surface area contributed by atoms with Crippen molar-refractivity contribution in [3.05, 3.63) is 210 Å². The van der Waals surface area contributed by atoms with Crippen molar-refractivity contribution in [3.63, 3.8) is 0 Å². The van der Waals surface area contributed by atoms with Crippen LogP contribution in [0.25, 0.3) is 115 Å². The molecule has 0 atom stereocenters. The monoisotopic (exact) mass is 787 g/mol. The van der Waals surface area contributed by atoms with Gasteiger partial charge in [0.15, 0.2) is 0 Å². The summed E-state index contributed by atoms with van der Waals surface area (Å²) in [5.74, 6) is -1.29. The number of fused-ring (bicyclic) bond motifs is 11. The molecule has 286 valence electrons. The Kier molecular flexibility index (Phi) is 6.91. The molecular weight excluding hydrogens is 757 g/mol.